The summed E-state index contributed by atoms with van der Waals surface area (Å²) in [4.78, 5) is 21.5. The number of amides is 1. The van der Waals surface area contributed by atoms with E-state index in [-0.39, 0.29) is 10.8 Å². The van der Waals surface area contributed by atoms with Crippen molar-refractivity contribution in [1.29, 1.82) is 0 Å². The molecule has 0 unspecified atom stereocenters. The molecule has 0 spiro atoms. The zero-order valence-corrected chi connectivity index (χ0v) is 21.7. The first kappa shape index (κ1) is 24.0. The van der Waals surface area contributed by atoms with Crippen LogP contribution < -0.4 is 4.90 Å². The lowest BCUT2D eigenvalue weighted by atomic mass is 10.1. The molecule has 0 aliphatic carbocycles. The van der Waals surface area contributed by atoms with E-state index in [0.717, 1.165) is 33.5 Å². The summed E-state index contributed by atoms with van der Waals surface area (Å²) in [7, 11) is -3.53. The third-order valence-electron chi connectivity index (χ3n) is 6.05. The topological polar surface area (TPSA) is 70.6 Å². The lowest BCUT2D eigenvalue weighted by Gasteiger charge is -2.20. The van der Waals surface area contributed by atoms with Crippen molar-refractivity contribution in [3.05, 3.63) is 83.9 Å². The quantitative estimate of drug-likeness (QED) is 0.293. The smallest absolute Gasteiger partial charge is 0.260 e. The molecule has 0 radical (unpaired) electrons. The van der Waals surface area contributed by atoms with Crippen LogP contribution in [0.3, 0.4) is 0 Å². The largest absolute Gasteiger partial charge is 0.279 e. The fraction of sp³-hybridized carbons (Fsp3) is 0.231. The minimum Gasteiger partial charge on any atom is -0.279 e. The van der Waals surface area contributed by atoms with Crippen LogP contribution in [0.5, 0.6) is 0 Å². The molecule has 180 valence electrons. The molecule has 1 amide bonds. The van der Waals surface area contributed by atoms with Gasteiger partial charge < -0.3 is 0 Å². The predicted octanol–water partition coefficient (Wildman–Crippen LogP) is 5.65. The summed E-state index contributed by atoms with van der Waals surface area (Å²) in [5, 5.41) is 0.612. The molecule has 0 N–H and O–H groups in total. The van der Waals surface area contributed by atoms with E-state index < -0.39 is 10.0 Å². The third-order valence-corrected chi connectivity index (χ3v) is 9.73. The Bertz CT molecular complexity index is 1450. The molecule has 9 heteroatoms. The Balaban J connectivity index is 1.48. The number of rotatable bonds is 7. The fourth-order valence-electron chi connectivity index (χ4n) is 4.13. The summed E-state index contributed by atoms with van der Waals surface area (Å²) < 4.78 is 28.3. The van der Waals surface area contributed by atoms with E-state index in [4.69, 9.17) is 4.98 Å². The van der Waals surface area contributed by atoms with Gasteiger partial charge in [-0.25, -0.2) is 13.4 Å². The van der Waals surface area contributed by atoms with Crippen LogP contribution in [0, 0.1) is 0 Å². The summed E-state index contributed by atoms with van der Waals surface area (Å²) >= 11 is 3.14. The molecule has 1 saturated heterocycles. The standard InChI is InChI=1S/C26H25N3O3S3/c1-33-21-11-14-23-24(17-21)34-26(27-23)29(18-19-7-3-2-4-8-19)25(30)20-9-12-22(13-10-20)35(31,32)28-15-5-6-16-28/h2-4,7-14,17H,5-6,15-16,18H2,1H3. The molecular weight excluding hydrogens is 499 g/mol. The van der Waals surface area contributed by atoms with E-state index in [9.17, 15) is 13.2 Å². The molecule has 4 aromatic rings. The van der Waals surface area contributed by atoms with E-state index in [1.165, 1.54) is 27.8 Å². The van der Waals surface area contributed by atoms with Gasteiger partial charge in [0, 0.05) is 23.5 Å². The second-order valence-corrected chi connectivity index (χ2v) is 12.2. The van der Waals surface area contributed by atoms with Crippen LogP contribution in [-0.4, -0.2) is 43.0 Å². The molecule has 3 aromatic carbocycles. The van der Waals surface area contributed by atoms with Crippen molar-refractivity contribution in [2.45, 2.75) is 29.2 Å². The van der Waals surface area contributed by atoms with Crippen LogP contribution in [0.2, 0.25) is 0 Å². The average Bonchev–Trinajstić information content (AvgIpc) is 3.58. The normalized spacial score (nSPS) is 14.4. The van der Waals surface area contributed by atoms with Crippen molar-refractivity contribution in [2.24, 2.45) is 0 Å². The Morgan fingerprint density at radius 3 is 2.43 bits per heavy atom. The molecule has 6 nitrogen and oxygen atoms in total. The summed E-state index contributed by atoms with van der Waals surface area (Å²) in [6, 6.07) is 22.1. The number of nitrogens with zero attached hydrogens (tertiary/aromatic N) is 3. The van der Waals surface area contributed by atoms with Crippen molar-refractivity contribution in [3.8, 4) is 0 Å². The molecule has 0 bridgehead atoms. The average molecular weight is 524 g/mol. The fourth-order valence-corrected chi connectivity index (χ4v) is 7.16. The highest BCUT2D eigenvalue weighted by atomic mass is 32.2. The maximum atomic E-state index is 13.7. The molecule has 1 aromatic heterocycles. The third kappa shape index (κ3) is 4.99. The van der Waals surface area contributed by atoms with Gasteiger partial charge in [0.1, 0.15) is 0 Å². The number of hydrogen-bond acceptors (Lipinski definition) is 6. The van der Waals surface area contributed by atoms with E-state index in [2.05, 4.69) is 6.07 Å². The second-order valence-electron chi connectivity index (χ2n) is 8.34. The van der Waals surface area contributed by atoms with Gasteiger partial charge in [0.05, 0.1) is 21.7 Å². The number of hydrogen-bond donors (Lipinski definition) is 0. The van der Waals surface area contributed by atoms with Gasteiger partial charge in [-0.2, -0.15) is 4.31 Å². The van der Waals surface area contributed by atoms with Crippen LogP contribution >= 0.6 is 23.1 Å². The molecule has 1 fully saturated rings. The summed E-state index contributed by atoms with van der Waals surface area (Å²) in [6.07, 6.45) is 3.79. The lowest BCUT2D eigenvalue weighted by molar-refractivity contribution is 0.0985. The van der Waals surface area contributed by atoms with Gasteiger partial charge in [0.25, 0.3) is 5.91 Å². The Morgan fingerprint density at radius 2 is 1.74 bits per heavy atom. The van der Waals surface area contributed by atoms with Gasteiger partial charge in [-0.3, -0.25) is 9.69 Å². The lowest BCUT2D eigenvalue weighted by Crippen LogP contribution is -2.30. The molecule has 1 aliphatic heterocycles. The Kier molecular flexibility index (Phi) is 6.93. The number of carbonyl (C=O) groups is 1. The molecule has 1 aliphatic rings. The van der Waals surface area contributed by atoms with Gasteiger partial charge in [-0.05, 0) is 67.1 Å². The van der Waals surface area contributed by atoms with Crippen molar-refractivity contribution in [1.82, 2.24) is 9.29 Å². The highest BCUT2D eigenvalue weighted by Crippen LogP contribution is 2.33. The summed E-state index contributed by atoms with van der Waals surface area (Å²) in [5.74, 6) is -0.219. The van der Waals surface area contributed by atoms with Crippen LogP contribution in [0.1, 0.15) is 28.8 Å². The van der Waals surface area contributed by atoms with E-state index in [1.54, 1.807) is 28.8 Å². The van der Waals surface area contributed by atoms with Gasteiger partial charge in [0.2, 0.25) is 10.0 Å². The van der Waals surface area contributed by atoms with Crippen LogP contribution in [-0.2, 0) is 16.6 Å². The first-order chi connectivity index (χ1) is 17.0. The first-order valence-electron chi connectivity index (χ1n) is 11.4. The maximum Gasteiger partial charge on any atom is 0.260 e. The second kappa shape index (κ2) is 10.1. The van der Waals surface area contributed by atoms with E-state index in [1.807, 2.05) is 48.7 Å². The number of carbonyl (C=O) groups excluding carboxylic acids is 1. The molecular formula is C26H25N3O3S3. The van der Waals surface area contributed by atoms with Crippen LogP contribution in [0.25, 0.3) is 10.2 Å². The van der Waals surface area contributed by atoms with E-state index >= 15 is 0 Å². The number of fused-ring (bicyclic) bond motifs is 1. The SMILES string of the molecule is CSc1ccc2nc(N(Cc3ccccc3)C(=O)c3ccc(S(=O)(=O)N4CCCC4)cc3)sc2c1. The molecule has 0 saturated carbocycles. The Morgan fingerprint density at radius 1 is 1.03 bits per heavy atom. The van der Waals surface area contributed by atoms with Crippen molar-refractivity contribution in [2.75, 3.05) is 24.2 Å². The molecule has 35 heavy (non-hydrogen) atoms. The minimum absolute atomic E-state index is 0.218. The van der Waals surface area contributed by atoms with Crippen LogP contribution in [0.4, 0.5) is 5.13 Å². The maximum absolute atomic E-state index is 13.7. The highest BCUT2D eigenvalue weighted by molar-refractivity contribution is 7.98. The minimum atomic E-state index is -3.53. The number of benzene rings is 3. The monoisotopic (exact) mass is 523 g/mol. The number of thioether (sulfide) groups is 1. The summed E-state index contributed by atoms with van der Waals surface area (Å²) in [5.41, 5.74) is 2.25. The van der Waals surface area contributed by atoms with Crippen molar-refractivity contribution >= 4 is 54.4 Å². The highest BCUT2D eigenvalue weighted by Gasteiger charge is 2.28. The predicted molar refractivity (Wildman–Crippen MR) is 143 cm³/mol. The van der Waals surface area contributed by atoms with Crippen molar-refractivity contribution < 1.29 is 13.2 Å². The first-order valence-corrected chi connectivity index (χ1v) is 14.8. The number of anilines is 1. The van der Waals surface area contributed by atoms with Gasteiger partial charge >= 0.3 is 0 Å². The molecule has 5 rings (SSSR count). The van der Waals surface area contributed by atoms with E-state index in [0.29, 0.717) is 30.3 Å². The molecule has 0 atom stereocenters. The Labute approximate surface area is 213 Å². The zero-order valence-electron chi connectivity index (χ0n) is 19.3. The number of thiazole rings is 1. The number of aromatic nitrogens is 1. The van der Waals surface area contributed by atoms with Gasteiger partial charge in [-0.15, -0.1) is 11.8 Å². The summed E-state index contributed by atoms with van der Waals surface area (Å²) in [6.45, 7) is 1.45. The Hall–Kier alpha value is -2.72. The van der Waals surface area contributed by atoms with Gasteiger partial charge in [-0.1, -0.05) is 41.7 Å². The van der Waals surface area contributed by atoms with Crippen molar-refractivity contribution in [3.63, 3.8) is 0 Å². The number of sulfonamides is 1. The zero-order chi connectivity index (χ0) is 24.4. The van der Waals surface area contributed by atoms with Gasteiger partial charge in [0.15, 0.2) is 5.13 Å². The molecule has 2 heterocycles. The van der Waals surface area contributed by atoms with Crippen LogP contribution in [0.15, 0.2) is 82.6 Å².